The molecule has 0 aromatic heterocycles. The summed E-state index contributed by atoms with van der Waals surface area (Å²) in [6.45, 7) is 0. The van der Waals surface area contributed by atoms with E-state index in [0.29, 0.717) is 9.10 Å². The molecule has 0 aliphatic rings. The van der Waals surface area contributed by atoms with Gasteiger partial charge in [0.15, 0.2) is 0 Å². The first kappa shape index (κ1) is 20.1. The van der Waals surface area contributed by atoms with Crippen molar-refractivity contribution in [1.29, 1.82) is 0 Å². The van der Waals surface area contributed by atoms with Crippen molar-refractivity contribution >= 4 is 36.5 Å². The van der Waals surface area contributed by atoms with E-state index in [4.69, 9.17) is 0 Å². The van der Waals surface area contributed by atoms with Crippen LogP contribution in [0.25, 0.3) is 10.8 Å². The van der Waals surface area contributed by atoms with E-state index in [2.05, 4.69) is 0 Å². The molecule has 0 aliphatic heterocycles. The second-order valence-electron chi connectivity index (χ2n) is 6.51. The Morgan fingerprint density at radius 3 is 1.77 bits per heavy atom. The van der Waals surface area contributed by atoms with Crippen LogP contribution in [-0.4, -0.2) is 16.8 Å². The van der Waals surface area contributed by atoms with E-state index in [1.807, 2.05) is 12.1 Å². The first-order valence-corrected chi connectivity index (χ1v) is 11.8. The molecular weight excluding hydrogens is 425 g/mol. The lowest BCUT2D eigenvalue weighted by Crippen LogP contribution is -2.37. The molecule has 30 heavy (non-hydrogen) atoms. The van der Waals surface area contributed by atoms with Gasteiger partial charge in [-0.05, 0) is 59.3 Å². The third-order valence-electron chi connectivity index (χ3n) is 4.53. The second-order valence-corrected chi connectivity index (χ2v) is 10.3. The molecule has 0 N–H and O–H groups in total. The molecule has 0 unspecified atom stereocenters. The summed E-state index contributed by atoms with van der Waals surface area (Å²) in [6, 6.07) is 23.1. The van der Waals surface area contributed by atoms with E-state index in [0.717, 1.165) is 29.7 Å². The maximum Gasteiger partial charge on any atom is 0.277 e. The van der Waals surface area contributed by atoms with E-state index in [9.17, 15) is 21.2 Å². The monoisotopic (exact) mass is 441 g/mol. The molecule has 0 radical (unpaired) electrons. The summed E-state index contributed by atoms with van der Waals surface area (Å²) >= 11 is 0. The van der Waals surface area contributed by atoms with Crippen molar-refractivity contribution in [3.05, 3.63) is 103 Å². The summed E-state index contributed by atoms with van der Waals surface area (Å²) in [4.78, 5) is -0.507. The van der Waals surface area contributed by atoms with Gasteiger partial charge >= 0.3 is 0 Å². The normalized spacial score (nSPS) is 12.0. The number of hydrogen-bond donors (Lipinski definition) is 0. The highest BCUT2D eigenvalue weighted by Crippen LogP contribution is 2.31. The summed E-state index contributed by atoms with van der Waals surface area (Å²) < 4.78 is 67.5. The highest BCUT2D eigenvalue weighted by Gasteiger charge is 2.37. The van der Waals surface area contributed by atoms with Crippen molar-refractivity contribution in [3.63, 3.8) is 0 Å². The molecular formula is C22H16FNO4S2. The number of hydrogen-bond acceptors (Lipinski definition) is 4. The number of nitrogens with zero attached hydrogens (tertiary/aromatic N) is 1. The van der Waals surface area contributed by atoms with Gasteiger partial charge in [0, 0.05) is 0 Å². The number of para-hydroxylation sites is 1. The molecule has 0 bridgehead atoms. The van der Waals surface area contributed by atoms with Gasteiger partial charge in [0.25, 0.3) is 20.0 Å². The van der Waals surface area contributed by atoms with Crippen LogP contribution in [0, 0.1) is 5.82 Å². The summed E-state index contributed by atoms with van der Waals surface area (Å²) in [5.74, 6) is -0.627. The molecule has 0 aliphatic carbocycles. The molecule has 0 saturated carbocycles. The van der Waals surface area contributed by atoms with Crippen molar-refractivity contribution in [1.82, 2.24) is 0 Å². The van der Waals surface area contributed by atoms with Crippen LogP contribution >= 0.6 is 0 Å². The Labute approximate surface area is 174 Å². The average molecular weight is 442 g/mol. The average Bonchev–Trinajstić information content (AvgIpc) is 2.74. The maximum atomic E-state index is 13.5. The molecule has 4 aromatic rings. The number of fused-ring (bicyclic) bond motifs is 1. The molecule has 0 heterocycles. The zero-order valence-corrected chi connectivity index (χ0v) is 17.1. The van der Waals surface area contributed by atoms with Crippen molar-refractivity contribution in [2.24, 2.45) is 0 Å². The van der Waals surface area contributed by atoms with E-state index in [-0.39, 0.29) is 15.5 Å². The lowest BCUT2D eigenvalue weighted by atomic mass is 10.1. The quantitative estimate of drug-likeness (QED) is 0.455. The molecule has 0 fully saturated rings. The van der Waals surface area contributed by atoms with Crippen molar-refractivity contribution < 1.29 is 21.2 Å². The molecule has 4 rings (SSSR count). The van der Waals surface area contributed by atoms with Crippen LogP contribution in [0.4, 0.5) is 10.1 Å². The zero-order valence-electron chi connectivity index (χ0n) is 15.5. The molecule has 4 aromatic carbocycles. The Kier molecular flexibility index (Phi) is 5.05. The first-order chi connectivity index (χ1) is 14.3. The molecule has 8 heteroatoms. The molecule has 0 amide bonds. The van der Waals surface area contributed by atoms with Crippen molar-refractivity contribution in [2.75, 3.05) is 3.71 Å². The van der Waals surface area contributed by atoms with Crippen LogP contribution in [0.15, 0.2) is 107 Å². The minimum absolute atomic E-state index is 0.0463. The van der Waals surface area contributed by atoms with Crippen LogP contribution in [0.5, 0.6) is 0 Å². The Bertz CT molecular complexity index is 1420. The first-order valence-electron chi connectivity index (χ1n) is 8.90. The van der Waals surface area contributed by atoms with Gasteiger partial charge in [-0.25, -0.2) is 21.2 Å². The van der Waals surface area contributed by atoms with Gasteiger partial charge in [-0.15, -0.1) is 0 Å². The standard InChI is InChI=1S/C22H16FNO4S2/c23-19-11-14-21(15-12-19)29(25,26)24(20-8-2-1-3-9-20)30(27,28)22-13-10-17-6-4-5-7-18(17)16-22/h1-16H. The van der Waals surface area contributed by atoms with Crippen molar-refractivity contribution in [2.45, 2.75) is 9.79 Å². The predicted molar refractivity (Wildman–Crippen MR) is 114 cm³/mol. The third-order valence-corrected chi connectivity index (χ3v) is 8.72. The molecule has 5 nitrogen and oxygen atoms in total. The fraction of sp³-hybridized carbons (Fsp3) is 0. The Balaban J connectivity index is 1.94. The minimum atomic E-state index is -4.55. The lowest BCUT2D eigenvalue weighted by Gasteiger charge is -2.24. The minimum Gasteiger partial charge on any atom is -0.207 e. The second kappa shape index (κ2) is 7.55. The van der Waals surface area contributed by atoms with Crippen LogP contribution in [-0.2, 0) is 20.0 Å². The fourth-order valence-corrected chi connectivity index (χ4v) is 6.81. The van der Waals surface area contributed by atoms with Gasteiger partial charge < -0.3 is 0 Å². The lowest BCUT2D eigenvalue weighted by molar-refractivity contribution is 0.584. The number of rotatable bonds is 5. The van der Waals surface area contributed by atoms with Gasteiger partial charge in [-0.3, -0.25) is 0 Å². The van der Waals surface area contributed by atoms with Crippen LogP contribution in [0.3, 0.4) is 0 Å². The van der Waals surface area contributed by atoms with Gasteiger partial charge in [0.05, 0.1) is 15.5 Å². The Hall–Kier alpha value is -3.23. The van der Waals surface area contributed by atoms with E-state index in [1.165, 1.54) is 24.3 Å². The zero-order chi connectivity index (χ0) is 21.4. The topological polar surface area (TPSA) is 71.5 Å². The van der Waals surface area contributed by atoms with Crippen LogP contribution in [0.1, 0.15) is 0 Å². The van der Waals surface area contributed by atoms with E-state index < -0.39 is 25.9 Å². The summed E-state index contributed by atoms with van der Waals surface area (Å²) in [7, 11) is -9.06. The Morgan fingerprint density at radius 1 is 0.567 bits per heavy atom. The van der Waals surface area contributed by atoms with Gasteiger partial charge in [0.2, 0.25) is 0 Å². The number of halogens is 1. The maximum absolute atomic E-state index is 13.5. The highest BCUT2D eigenvalue weighted by atomic mass is 32.3. The molecule has 152 valence electrons. The van der Waals surface area contributed by atoms with E-state index in [1.54, 1.807) is 36.4 Å². The van der Waals surface area contributed by atoms with Gasteiger partial charge in [-0.1, -0.05) is 48.5 Å². The highest BCUT2D eigenvalue weighted by molar-refractivity contribution is 8.10. The molecule has 0 atom stereocenters. The Morgan fingerprint density at radius 2 is 1.10 bits per heavy atom. The largest absolute Gasteiger partial charge is 0.277 e. The third kappa shape index (κ3) is 3.55. The summed E-state index contributed by atoms with van der Waals surface area (Å²) in [6.07, 6.45) is 0. The number of sulfonamides is 2. The van der Waals surface area contributed by atoms with E-state index >= 15 is 0 Å². The fourth-order valence-electron chi connectivity index (χ4n) is 3.08. The van der Waals surface area contributed by atoms with Gasteiger partial charge in [0.1, 0.15) is 5.82 Å². The molecule has 0 saturated heterocycles. The smallest absolute Gasteiger partial charge is 0.207 e. The number of benzene rings is 4. The predicted octanol–water partition coefficient (Wildman–Crippen LogP) is 4.56. The molecule has 0 spiro atoms. The van der Waals surface area contributed by atoms with Crippen molar-refractivity contribution in [3.8, 4) is 0 Å². The SMILES string of the molecule is O=S(=O)(c1ccc(F)cc1)N(c1ccccc1)S(=O)(=O)c1ccc2ccccc2c1. The summed E-state index contributed by atoms with van der Waals surface area (Å²) in [5.41, 5.74) is -0.0463. The number of anilines is 1. The van der Waals surface area contributed by atoms with Crippen LogP contribution < -0.4 is 3.71 Å². The van der Waals surface area contributed by atoms with Gasteiger partial charge in [-0.2, -0.15) is 3.71 Å². The summed E-state index contributed by atoms with van der Waals surface area (Å²) in [5, 5.41) is 1.48. The van der Waals surface area contributed by atoms with Crippen LogP contribution in [0.2, 0.25) is 0 Å².